The van der Waals surface area contributed by atoms with E-state index in [4.69, 9.17) is 0 Å². The van der Waals surface area contributed by atoms with Crippen LogP contribution < -0.4 is 15.5 Å². The Morgan fingerprint density at radius 3 is 2.39 bits per heavy atom. The molecule has 3 aromatic carbocycles. The molecule has 0 bridgehead atoms. The summed E-state index contributed by atoms with van der Waals surface area (Å²) in [6.45, 7) is 0. The molecule has 3 amide bonds. The minimum absolute atomic E-state index is 0.0184. The van der Waals surface area contributed by atoms with Gasteiger partial charge in [0.1, 0.15) is 17.1 Å². The van der Waals surface area contributed by atoms with E-state index < -0.39 is 58.7 Å². The van der Waals surface area contributed by atoms with Gasteiger partial charge in [-0.15, -0.1) is 0 Å². The number of rotatable bonds is 3. The molecule has 2 saturated heterocycles. The minimum atomic E-state index is -4.70. The zero-order valence-electron chi connectivity index (χ0n) is 19.4. The Morgan fingerprint density at radius 1 is 0.947 bits per heavy atom. The number of amides is 3. The van der Waals surface area contributed by atoms with E-state index in [1.54, 1.807) is 12.1 Å². The van der Waals surface area contributed by atoms with Crippen molar-refractivity contribution >= 4 is 29.1 Å². The second-order valence-electron chi connectivity index (χ2n) is 9.64. The molecule has 0 aliphatic carbocycles. The summed E-state index contributed by atoms with van der Waals surface area (Å²) >= 11 is 0. The molecule has 3 N–H and O–H groups in total. The number of fused-ring (bicyclic) bond motifs is 4. The van der Waals surface area contributed by atoms with Crippen molar-refractivity contribution in [1.82, 2.24) is 5.32 Å². The first-order valence-electron chi connectivity index (χ1n) is 11.7. The van der Waals surface area contributed by atoms with Gasteiger partial charge in [-0.25, -0.2) is 9.29 Å². The monoisotopic (exact) mass is 525 g/mol. The highest BCUT2D eigenvalue weighted by Crippen LogP contribution is 2.54. The largest absolute Gasteiger partial charge is 0.508 e. The van der Waals surface area contributed by atoms with Crippen LogP contribution in [0.5, 0.6) is 5.75 Å². The zero-order chi connectivity index (χ0) is 27.0. The number of halogens is 4. The maximum Gasteiger partial charge on any atom is 0.416 e. The lowest BCUT2D eigenvalue weighted by molar-refractivity contribution is -0.137. The lowest BCUT2D eigenvalue weighted by Crippen LogP contribution is -2.53. The lowest BCUT2D eigenvalue weighted by Gasteiger charge is -2.29. The van der Waals surface area contributed by atoms with Crippen molar-refractivity contribution in [3.05, 3.63) is 89.2 Å². The number of nitrogens with zero attached hydrogens (tertiary/aromatic N) is 1. The third-order valence-corrected chi connectivity index (χ3v) is 7.50. The maximum atomic E-state index is 14.4. The topological polar surface area (TPSA) is 98.7 Å². The molecule has 0 saturated carbocycles. The van der Waals surface area contributed by atoms with E-state index in [9.17, 15) is 37.1 Å². The van der Waals surface area contributed by atoms with Crippen molar-refractivity contribution in [1.29, 1.82) is 0 Å². The summed E-state index contributed by atoms with van der Waals surface area (Å²) in [5, 5.41) is 15.4. The first-order chi connectivity index (χ1) is 18.0. The molecular weight excluding hydrogens is 506 g/mol. The molecule has 194 valence electrons. The van der Waals surface area contributed by atoms with Gasteiger partial charge < -0.3 is 10.4 Å². The van der Waals surface area contributed by atoms with Crippen molar-refractivity contribution in [2.75, 3.05) is 10.2 Å². The molecule has 11 heteroatoms. The zero-order valence-corrected chi connectivity index (χ0v) is 19.4. The first-order valence-corrected chi connectivity index (χ1v) is 11.7. The van der Waals surface area contributed by atoms with Crippen molar-refractivity contribution in [2.45, 2.75) is 24.2 Å². The van der Waals surface area contributed by atoms with Crippen molar-refractivity contribution < 1.29 is 37.1 Å². The normalized spacial score (nSPS) is 26.2. The lowest BCUT2D eigenvalue weighted by atomic mass is 9.76. The van der Waals surface area contributed by atoms with E-state index >= 15 is 0 Å². The predicted octanol–water partition coefficient (Wildman–Crippen LogP) is 3.72. The van der Waals surface area contributed by atoms with Crippen molar-refractivity contribution in [3.8, 4) is 5.75 Å². The average molecular weight is 525 g/mol. The van der Waals surface area contributed by atoms with Gasteiger partial charge in [0.15, 0.2) is 0 Å². The Hall–Kier alpha value is -4.25. The molecule has 3 aliphatic rings. The second-order valence-corrected chi connectivity index (χ2v) is 9.64. The number of phenolic OH excluding ortho intramolecular Hbond substituents is 1. The van der Waals surface area contributed by atoms with Crippen LogP contribution in [0.4, 0.5) is 28.9 Å². The summed E-state index contributed by atoms with van der Waals surface area (Å²) in [6.07, 6.45) is -4.56. The fraction of sp³-hybridized carbons (Fsp3) is 0.222. The van der Waals surface area contributed by atoms with Gasteiger partial charge in [-0.1, -0.05) is 18.2 Å². The molecule has 6 rings (SSSR count). The highest BCUT2D eigenvalue weighted by molar-refractivity contribution is 6.25. The number of anilines is 2. The summed E-state index contributed by atoms with van der Waals surface area (Å²) in [7, 11) is 0. The molecule has 0 unspecified atom stereocenters. The Labute approximate surface area is 213 Å². The van der Waals surface area contributed by atoms with E-state index in [1.807, 2.05) is 0 Å². The van der Waals surface area contributed by atoms with Gasteiger partial charge in [0.2, 0.25) is 17.7 Å². The predicted molar refractivity (Wildman–Crippen MR) is 126 cm³/mol. The summed E-state index contributed by atoms with van der Waals surface area (Å²) in [6, 6.07) is 12.8. The number of alkyl halides is 3. The number of nitrogens with one attached hydrogen (secondary N) is 2. The van der Waals surface area contributed by atoms with E-state index in [-0.39, 0.29) is 29.1 Å². The number of carbonyl (C=O) groups is 3. The third-order valence-electron chi connectivity index (χ3n) is 7.50. The van der Waals surface area contributed by atoms with Gasteiger partial charge in [-0.2, -0.15) is 13.2 Å². The Morgan fingerprint density at radius 2 is 1.68 bits per heavy atom. The minimum Gasteiger partial charge on any atom is -0.508 e. The summed E-state index contributed by atoms with van der Waals surface area (Å²) < 4.78 is 54.6. The van der Waals surface area contributed by atoms with Crippen LogP contribution in [0.3, 0.4) is 0 Å². The maximum absolute atomic E-state index is 14.4. The molecule has 0 aromatic heterocycles. The van der Waals surface area contributed by atoms with Crippen LogP contribution in [0.2, 0.25) is 0 Å². The van der Waals surface area contributed by atoms with E-state index in [1.165, 1.54) is 24.3 Å². The molecule has 2 fully saturated rings. The fourth-order valence-corrected chi connectivity index (χ4v) is 5.91. The number of aromatic hydroxyl groups is 1. The van der Waals surface area contributed by atoms with Gasteiger partial charge in [-0.05, 0) is 60.5 Å². The highest BCUT2D eigenvalue weighted by atomic mass is 19.4. The molecule has 0 radical (unpaired) electrons. The molecule has 4 atom stereocenters. The van der Waals surface area contributed by atoms with Crippen LogP contribution in [0.25, 0.3) is 0 Å². The van der Waals surface area contributed by atoms with Crippen LogP contribution in [-0.4, -0.2) is 28.9 Å². The standard InChI is InChI=1S/C27H19F4N3O4/c28-15-6-9-19-18(12-15)26(25(38)32-19)22-21(20(33-26)10-13-4-7-17(35)8-5-13)23(36)34(24(22)37)16-3-1-2-14(11-16)27(29,30)31/h1-9,11-12,20-22,33,35H,10H2,(H,32,38)/t20-,21+,22-,26-/m0/s1. The number of imide groups is 1. The number of carbonyl (C=O) groups excluding carboxylic acids is 3. The van der Waals surface area contributed by atoms with Crippen LogP contribution in [0.15, 0.2) is 66.7 Å². The van der Waals surface area contributed by atoms with Crippen LogP contribution in [0.1, 0.15) is 16.7 Å². The van der Waals surface area contributed by atoms with E-state index in [0.717, 1.165) is 24.3 Å². The number of hydrogen-bond donors (Lipinski definition) is 3. The average Bonchev–Trinajstić information content (AvgIpc) is 3.44. The van der Waals surface area contributed by atoms with Gasteiger partial charge in [-0.3, -0.25) is 19.7 Å². The summed E-state index contributed by atoms with van der Waals surface area (Å²) in [5.41, 5.74) is -2.02. The SMILES string of the molecule is O=C1[C@@H]2[C@H](Cc3ccc(O)cc3)N[C@]3(C(=O)Nc4ccc(F)cc43)[C@@H]2C(=O)N1c1cccc(C(F)(F)F)c1. The smallest absolute Gasteiger partial charge is 0.416 e. The Balaban J connectivity index is 1.49. The van der Waals surface area contributed by atoms with E-state index in [0.29, 0.717) is 16.5 Å². The molecule has 3 aliphatic heterocycles. The van der Waals surface area contributed by atoms with E-state index in [2.05, 4.69) is 10.6 Å². The molecular formula is C27H19F4N3O4. The van der Waals surface area contributed by atoms with Gasteiger partial charge >= 0.3 is 6.18 Å². The fourth-order valence-electron chi connectivity index (χ4n) is 5.91. The van der Waals surface area contributed by atoms with Gasteiger partial charge in [0, 0.05) is 17.3 Å². The second kappa shape index (κ2) is 8.12. The van der Waals surface area contributed by atoms with Crippen LogP contribution in [0, 0.1) is 17.7 Å². The molecule has 3 heterocycles. The van der Waals surface area contributed by atoms with Crippen molar-refractivity contribution in [3.63, 3.8) is 0 Å². The number of hydrogen-bond acceptors (Lipinski definition) is 5. The summed E-state index contributed by atoms with van der Waals surface area (Å²) in [4.78, 5) is 41.8. The highest BCUT2D eigenvalue weighted by Gasteiger charge is 2.70. The molecule has 38 heavy (non-hydrogen) atoms. The third kappa shape index (κ3) is 3.42. The van der Waals surface area contributed by atoms with Crippen LogP contribution >= 0.6 is 0 Å². The quantitative estimate of drug-likeness (QED) is 0.358. The van der Waals surface area contributed by atoms with Crippen molar-refractivity contribution in [2.24, 2.45) is 11.8 Å². The summed E-state index contributed by atoms with van der Waals surface area (Å²) in [5.74, 6) is -5.39. The van der Waals surface area contributed by atoms with Crippen LogP contribution in [-0.2, 0) is 32.5 Å². The molecule has 3 aromatic rings. The molecule has 7 nitrogen and oxygen atoms in total. The Bertz CT molecular complexity index is 1510. The first kappa shape index (κ1) is 24.1. The number of benzene rings is 3. The number of phenols is 1. The molecule has 1 spiro atoms. The Kier molecular flexibility index (Phi) is 5.15. The van der Waals surface area contributed by atoms with Gasteiger partial charge in [0.25, 0.3) is 0 Å². The van der Waals surface area contributed by atoms with Gasteiger partial charge in [0.05, 0.1) is 23.1 Å².